The van der Waals surface area contributed by atoms with E-state index < -0.39 is 0 Å². The highest BCUT2D eigenvalue weighted by Gasteiger charge is 2.32. The smallest absolute Gasteiger partial charge is 0.297 e. The van der Waals surface area contributed by atoms with E-state index in [0.29, 0.717) is 18.8 Å². The van der Waals surface area contributed by atoms with E-state index in [4.69, 9.17) is 0 Å². The van der Waals surface area contributed by atoms with Crippen LogP contribution in [0.4, 0.5) is 0 Å². The molecule has 0 saturated heterocycles. The standard InChI is InChI=1S/C27H31N7O2/c1-3-4-7-22-17-34(25-18(2)6-5-8-24(25)35)27(36)33(22)16-21-15-28-14-13-23(21)19-9-11-20(12-10-19)26-29-31-32-30-26/h9-15,17-18,25H,3-8,16H2,1-2H3,(H,29,30,31,32). The summed E-state index contributed by atoms with van der Waals surface area (Å²) in [4.78, 5) is 30.9. The van der Waals surface area contributed by atoms with Crippen LogP contribution in [-0.4, -0.2) is 40.5 Å². The van der Waals surface area contributed by atoms with E-state index in [2.05, 4.69) is 39.5 Å². The van der Waals surface area contributed by atoms with Crippen LogP contribution < -0.4 is 5.69 Å². The van der Waals surface area contributed by atoms with E-state index in [1.165, 1.54) is 0 Å². The number of pyridine rings is 1. The number of hydrogen-bond donors (Lipinski definition) is 1. The first-order valence-electron chi connectivity index (χ1n) is 12.7. The summed E-state index contributed by atoms with van der Waals surface area (Å²) in [5.41, 5.74) is 4.69. The fraction of sp³-hybridized carbons (Fsp3) is 0.407. The van der Waals surface area contributed by atoms with Crippen molar-refractivity contribution < 1.29 is 4.79 Å². The normalized spacial score (nSPS) is 18.0. The summed E-state index contributed by atoms with van der Waals surface area (Å²) in [6, 6.07) is 9.53. The maximum absolute atomic E-state index is 13.7. The summed E-state index contributed by atoms with van der Waals surface area (Å²) in [5.74, 6) is 0.862. The Hall–Kier alpha value is -3.88. The van der Waals surface area contributed by atoms with Crippen molar-refractivity contribution in [2.45, 2.75) is 65.0 Å². The summed E-state index contributed by atoms with van der Waals surface area (Å²) in [6.07, 6.45) is 10.7. The molecule has 4 aromatic rings. The van der Waals surface area contributed by atoms with Gasteiger partial charge in [-0.2, -0.15) is 5.21 Å². The van der Waals surface area contributed by atoms with E-state index in [9.17, 15) is 9.59 Å². The van der Waals surface area contributed by atoms with Gasteiger partial charge >= 0.3 is 5.69 Å². The molecule has 0 aliphatic heterocycles. The highest BCUT2D eigenvalue weighted by molar-refractivity contribution is 5.83. The molecular weight excluding hydrogens is 454 g/mol. The second-order valence-electron chi connectivity index (χ2n) is 9.63. The van der Waals surface area contributed by atoms with E-state index >= 15 is 0 Å². The van der Waals surface area contributed by atoms with Gasteiger partial charge in [-0.1, -0.05) is 44.5 Å². The van der Waals surface area contributed by atoms with Crippen LogP contribution in [0.25, 0.3) is 22.5 Å². The van der Waals surface area contributed by atoms with E-state index in [1.54, 1.807) is 10.8 Å². The lowest BCUT2D eigenvalue weighted by atomic mass is 9.85. The number of hydrogen-bond acceptors (Lipinski definition) is 6. The Morgan fingerprint density at radius 1 is 1.11 bits per heavy atom. The van der Waals surface area contributed by atoms with Crippen molar-refractivity contribution in [1.29, 1.82) is 0 Å². The average Bonchev–Trinajstić information content (AvgIpc) is 3.53. The number of benzene rings is 1. The fourth-order valence-electron chi connectivity index (χ4n) is 5.21. The lowest BCUT2D eigenvalue weighted by molar-refractivity contribution is -0.125. The summed E-state index contributed by atoms with van der Waals surface area (Å²) in [7, 11) is 0. The summed E-state index contributed by atoms with van der Waals surface area (Å²) >= 11 is 0. The predicted octanol–water partition coefficient (Wildman–Crippen LogP) is 4.21. The Kier molecular flexibility index (Phi) is 6.88. The molecule has 9 heteroatoms. The molecular formula is C27H31N7O2. The Morgan fingerprint density at radius 2 is 1.92 bits per heavy atom. The second-order valence-corrected chi connectivity index (χ2v) is 9.63. The molecule has 2 atom stereocenters. The fourth-order valence-corrected chi connectivity index (χ4v) is 5.21. The molecule has 2 unspecified atom stereocenters. The molecule has 9 nitrogen and oxygen atoms in total. The zero-order valence-electron chi connectivity index (χ0n) is 20.7. The third-order valence-corrected chi connectivity index (χ3v) is 7.16. The summed E-state index contributed by atoms with van der Waals surface area (Å²) < 4.78 is 3.53. The minimum absolute atomic E-state index is 0.115. The van der Waals surface area contributed by atoms with E-state index in [0.717, 1.165) is 60.1 Å². The van der Waals surface area contributed by atoms with Crippen molar-refractivity contribution in [1.82, 2.24) is 34.7 Å². The molecule has 186 valence electrons. The molecule has 3 aromatic heterocycles. The van der Waals surface area contributed by atoms with Gasteiger partial charge in [0.15, 0.2) is 5.78 Å². The number of nitrogens with one attached hydrogen (secondary N) is 1. The number of aromatic amines is 1. The van der Waals surface area contributed by atoms with Gasteiger partial charge in [0.05, 0.1) is 12.6 Å². The number of aryl methyl sites for hydroxylation is 1. The zero-order valence-corrected chi connectivity index (χ0v) is 20.7. The number of rotatable bonds is 8. The van der Waals surface area contributed by atoms with Crippen LogP contribution in [-0.2, 0) is 17.8 Å². The molecule has 1 aliphatic rings. The van der Waals surface area contributed by atoms with E-state index in [-0.39, 0.29) is 23.4 Å². The molecule has 0 amide bonds. The van der Waals surface area contributed by atoms with Crippen LogP contribution in [0.2, 0.25) is 0 Å². The molecule has 1 aliphatic carbocycles. The van der Waals surface area contributed by atoms with Gasteiger partial charge in [-0.15, -0.1) is 10.2 Å². The molecule has 1 N–H and O–H groups in total. The highest BCUT2D eigenvalue weighted by Crippen LogP contribution is 2.31. The molecule has 1 aromatic carbocycles. The third-order valence-electron chi connectivity index (χ3n) is 7.16. The molecule has 1 fully saturated rings. The number of aromatic nitrogens is 7. The first-order chi connectivity index (χ1) is 17.6. The quantitative estimate of drug-likeness (QED) is 0.400. The number of carbonyl (C=O) groups excluding carboxylic acids is 1. The number of nitrogens with zero attached hydrogens (tertiary/aromatic N) is 6. The number of Topliss-reactive ketones (excluding diaryl/α,β-unsaturated/α-hetero) is 1. The minimum Gasteiger partial charge on any atom is -0.297 e. The lowest BCUT2D eigenvalue weighted by Crippen LogP contribution is -2.37. The van der Waals surface area contributed by atoms with Crippen LogP contribution >= 0.6 is 0 Å². The number of imidazole rings is 1. The van der Waals surface area contributed by atoms with Gasteiger partial charge in [-0.3, -0.25) is 18.9 Å². The van der Waals surface area contributed by atoms with Gasteiger partial charge in [0.25, 0.3) is 0 Å². The topological polar surface area (TPSA) is 111 Å². The number of ketones is 1. The number of H-pyrrole nitrogens is 1. The first-order valence-corrected chi connectivity index (χ1v) is 12.7. The SMILES string of the molecule is CCCCc1cn(C2C(=O)CCCC2C)c(=O)n1Cc1cnccc1-c1ccc(-c2nn[nH]n2)cc1. The van der Waals surface area contributed by atoms with Crippen molar-refractivity contribution >= 4 is 5.78 Å². The largest absolute Gasteiger partial charge is 0.329 e. The minimum atomic E-state index is -0.376. The number of tetrazole rings is 1. The average molecular weight is 486 g/mol. The van der Waals surface area contributed by atoms with Crippen molar-refractivity contribution in [2.24, 2.45) is 5.92 Å². The van der Waals surface area contributed by atoms with E-state index in [1.807, 2.05) is 47.3 Å². The highest BCUT2D eigenvalue weighted by atomic mass is 16.2. The summed E-state index contributed by atoms with van der Waals surface area (Å²) in [5, 5.41) is 14.2. The van der Waals surface area contributed by atoms with Crippen molar-refractivity contribution in [3.63, 3.8) is 0 Å². The first kappa shape index (κ1) is 23.8. The van der Waals surface area contributed by atoms with Crippen LogP contribution in [0.3, 0.4) is 0 Å². The second kappa shape index (κ2) is 10.4. The Bertz CT molecular complexity index is 1390. The van der Waals surface area contributed by atoms with Crippen LogP contribution in [0.5, 0.6) is 0 Å². The molecule has 36 heavy (non-hydrogen) atoms. The predicted molar refractivity (Wildman–Crippen MR) is 136 cm³/mol. The van der Waals surface area contributed by atoms with Crippen molar-refractivity contribution in [3.8, 4) is 22.5 Å². The van der Waals surface area contributed by atoms with Crippen LogP contribution in [0.15, 0.2) is 53.7 Å². The molecule has 0 bridgehead atoms. The van der Waals surface area contributed by atoms with Gasteiger partial charge in [-0.05, 0) is 59.6 Å². The molecule has 0 radical (unpaired) electrons. The molecule has 5 rings (SSSR count). The maximum Gasteiger partial charge on any atom is 0.329 e. The Balaban J connectivity index is 1.51. The molecule has 0 spiro atoms. The van der Waals surface area contributed by atoms with Gasteiger partial charge in [0, 0.05) is 36.3 Å². The van der Waals surface area contributed by atoms with Crippen molar-refractivity contribution in [2.75, 3.05) is 0 Å². The zero-order chi connectivity index (χ0) is 25.1. The lowest BCUT2D eigenvalue weighted by Gasteiger charge is -2.27. The molecule has 1 saturated carbocycles. The third kappa shape index (κ3) is 4.65. The number of carbonyl (C=O) groups is 1. The Morgan fingerprint density at radius 3 is 2.64 bits per heavy atom. The van der Waals surface area contributed by atoms with Gasteiger partial charge < -0.3 is 0 Å². The Labute approximate surface area is 209 Å². The number of unbranched alkanes of at least 4 members (excludes halogenated alkanes) is 1. The molecule has 3 heterocycles. The van der Waals surface area contributed by atoms with Crippen LogP contribution in [0.1, 0.15) is 63.3 Å². The monoisotopic (exact) mass is 485 g/mol. The summed E-state index contributed by atoms with van der Waals surface area (Å²) in [6.45, 7) is 4.62. The maximum atomic E-state index is 13.7. The van der Waals surface area contributed by atoms with Crippen molar-refractivity contribution in [3.05, 3.63) is 70.7 Å². The van der Waals surface area contributed by atoms with Gasteiger partial charge in [-0.25, -0.2) is 4.79 Å². The van der Waals surface area contributed by atoms with Crippen LogP contribution in [0, 0.1) is 5.92 Å². The van der Waals surface area contributed by atoms with Gasteiger partial charge in [0.1, 0.15) is 0 Å². The van der Waals surface area contributed by atoms with Gasteiger partial charge in [0.2, 0.25) is 5.82 Å².